The summed E-state index contributed by atoms with van der Waals surface area (Å²) in [4.78, 5) is 14.1. The van der Waals surface area contributed by atoms with Crippen LogP contribution >= 0.6 is 12.4 Å². The number of nitrogens with one attached hydrogen (secondary N) is 1. The first-order chi connectivity index (χ1) is 9.63. The summed E-state index contributed by atoms with van der Waals surface area (Å²) < 4.78 is 10.7. The lowest BCUT2D eigenvalue weighted by molar-refractivity contribution is -0.145. The second kappa shape index (κ2) is 8.22. The van der Waals surface area contributed by atoms with Crippen molar-refractivity contribution < 1.29 is 14.3 Å². The van der Waals surface area contributed by atoms with Crippen LogP contribution in [0.15, 0.2) is 24.3 Å². The number of amides is 1. The van der Waals surface area contributed by atoms with Crippen molar-refractivity contribution in [2.45, 2.75) is 19.1 Å². The largest absolute Gasteiger partial charge is 0.497 e. The van der Waals surface area contributed by atoms with E-state index in [-0.39, 0.29) is 30.5 Å². The van der Waals surface area contributed by atoms with Crippen LogP contribution in [0.1, 0.15) is 18.5 Å². The summed E-state index contributed by atoms with van der Waals surface area (Å²) >= 11 is 0. The monoisotopic (exact) mass is 314 g/mol. The van der Waals surface area contributed by atoms with Gasteiger partial charge in [-0.3, -0.25) is 4.79 Å². The standard InChI is InChI=1S/C15H22N2O3.ClH/c1-11(12-4-6-13(19-3)7-5-12)17(2)15(18)14-10-16-8-9-20-14;/h4-7,11,14,16H,8-10H2,1-3H3;1H. The normalized spacial score (nSPS) is 19.3. The lowest BCUT2D eigenvalue weighted by atomic mass is 10.1. The van der Waals surface area contributed by atoms with Gasteiger partial charge in [0.05, 0.1) is 19.8 Å². The third-order valence-electron chi connectivity index (χ3n) is 3.73. The highest BCUT2D eigenvalue weighted by molar-refractivity contribution is 5.85. The predicted molar refractivity (Wildman–Crippen MR) is 84.0 cm³/mol. The first kappa shape index (κ1) is 17.8. The molecule has 5 nitrogen and oxygen atoms in total. The average molecular weight is 315 g/mol. The number of benzene rings is 1. The number of likely N-dealkylation sites (N-methyl/N-ethyl adjacent to an activating group) is 1. The molecule has 0 spiro atoms. The van der Waals surface area contributed by atoms with E-state index in [4.69, 9.17) is 9.47 Å². The maximum absolute atomic E-state index is 12.4. The molecule has 1 saturated heterocycles. The number of nitrogens with zero attached hydrogens (tertiary/aromatic N) is 1. The molecule has 1 fully saturated rings. The molecule has 1 aromatic rings. The summed E-state index contributed by atoms with van der Waals surface area (Å²) in [6, 6.07) is 7.77. The van der Waals surface area contributed by atoms with Gasteiger partial charge in [0.1, 0.15) is 11.9 Å². The predicted octanol–water partition coefficient (Wildman–Crippen LogP) is 1.62. The molecule has 2 rings (SSSR count). The van der Waals surface area contributed by atoms with Crippen LogP contribution in [-0.2, 0) is 9.53 Å². The Kier molecular flexibility index (Phi) is 6.95. The van der Waals surface area contributed by atoms with Crippen LogP contribution < -0.4 is 10.1 Å². The van der Waals surface area contributed by atoms with Crippen LogP contribution in [0, 0.1) is 0 Å². The molecule has 6 heteroatoms. The zero-order chi connectivity index (χ0) is 14.5. The quantitative estimate of drug-likeness (QED) is 0.917. The fourth-order valence-electron chi connectivity index (χ4n) is 2.25. The maximum Gasteiger partial charge on any atom is 0.253 e. The van der Waals surface area contributed by atoms with E-state index in [9.17, 15) is 4.79 Å². The van der Waals surface area contributed by atoms with E-state index in [1.54, 1.807) is 12.0 Å². The van der Waals surface area contributed by atoms with Crippen molar-refractivity contribution in [1.82, 2.24) is 10.2 Å². The van der Waals surface area contributed by atoms with Crippen LogP contribution in [0.5, 0.6) is 5.75 Å². The Morgan fingerprint density at radius 3 is 2.62 bits per heavy atom. The number of methoxy groups -OCH3 is 1. The molecule has 2 atom stereocenters. The van der Waals surface area contributed by atoms with Crippen molar-refractivity contribution in [3.8, 4) is 5.75 Å². The zero-order valence-electron chi connectivity index (χ0n) is 12.7. The Bertz CT molecular complexity index is 447. The van der Waals surface area contributed by atoms with E-state index in [2.05, 4.69) is 5.32 Å². The Morgan fingerprint density at radius 2 is 2.10 bits per heavy atom. The van der Waals surface area contributed by atoms with Crippen molar-refractivity contribution in [2.24, 2.45) is 0 Å². The summed E-state index contributed by atoms with van der Waals surface area (Å²) in [5.74, 6) is 0.829. The second-order valence-electron chi connectivity index (χ2n) is 4.96. The fraction of sp³-hybridized carbons (Fsp3) is 0.533. The van der Waals surface area contributed by atoms with Crippen LogP contribution in [0.3, 0.4) is 0 Å². The van der Waals surface area contributed by atoms with E-state index in [0.29, 0.717) is 13.2 Å². The van der Waals surface area contributed by atoms with Gasteiger partial charge in [-0.2, -0.15) is 0 Å². The van der Waals surface area contributed by atoms with Crippen molar-refractivity contribution in [3.05, 3.63) is 29.8 Å². The number of carbonyl (C=O) groups is 1. The molecule has 1 aliphatic rings. The molecule has 0 bridgehead atoms. The Balaban J connectivity index is 0.00000220. The highest BCUT2D eigenvalue weighted by atomic mass is 35.5. The molecular formula is C15H23ClN2O3. The molecular weight excluding hydrogens is 292 g/mol. The molecule has 1 heterocycles. The molecule has 0 aliphatic carbocycles. The summed E-state index contributed by atoms with van der Waals surface area (Å²) in [5, 5.41) is 3.18. The number of hydrogen-bond donors (Lipinski definition) is 1. The van der Waals surface area contributed by atoms with E-state index in [0.717, 1.165) is 17.9 Å². The zero-order valence-corrected chi connectivity index (χ0v) is 13.5. The molecule has 0 radical (unpaired) electrons. The van der Waals surface area contributed by atoms with Gasteiger partial charge in [-0.1, -0.05) is 12.1 Å². The van der Waals surface area contributed by atoms with Gasteiger partial charge in [-0.15, -0.1) is 12.4 Å². The van der Waals surface area contributed by atoms with Gasteiger partial charge in [0.15, 0.2) is 0 Å². The van der Waals surface area contributed by atoms with Crippen molar-refractivity contribution >= 4 is 18.3 Å². The molecule has 21 heavy (non-hydrogen) atoms. The number of rotatable bonds is 4. The number of carbonyl (C=O) groups excluding carboxylic acids is 1. The summed E-state index contributed by atoms with van der Waals surface area (Å²) in [5.41, 5.74) is 1.07. The van der Waals surface area contributed by atoms with E-state index in [1.165, 1.54) is 0 Å². The minimum Gasteiger partial charge on any atom is -0.497 e. The van der Waals surface area contributed by atoms with Crippen LogP contribution in [0.25, 0.3) is 0 Å². The lowest BCUT2D eigenvalue weighted by Crippen LogP contribution is -2.48. The average Bonchev–Trinajstić information content (AvgIpc) is 2.53. The number of halogens is 1. The minimum absolute atomic E-state index is 0. The molecule has 1 aliphatic heterocycles. The molecule has 1 aromatic carbocycles. The van der Waals surface area contributed by atoms with E-state index >= 15 is 0 Å². The lowest BCUT2D eigenvalue weighted by Gasteiger charge is -2.31. The van der Waals surface area contributed by atoms with Crippen LogP contribution in [0.2, 0.25) is 0 Å². The van der Waals surface area contributed by atoms with Gasteiger partial charge in [0, 0.05) is 20.1 Å². The third kappa shape index (κ3) is 4.33. The fourth-order valence-corrected chi connectivity index (χ4v) is 2.25. The van der Waals surface area contributed by atoms with Gasteiger partial charge < -0.3 is 19.7 Å². The highest BCUT2D eigenvalue weighted by Gasteiger charge is 2.27. The Labute approximate surface area is 132 Å². The number of hydrogen-bond acceptors (Lipinski definition) is 4. The van der Waals surface area contributed by atoms with Gasteiger partial charge >= 0.3 is 0 Å². The number of ether oxygens (including phenoxy) is 2. The molecule has 1 N–H and O–H groups in total. The summed E-state index contributed by atoms with van der Waals surface area (Å²) in [6.45, 7) is 3.98. The molecule has 2 unspecified atom stereocenters. The topological polar surface area (TPSA) is 50.8 Å². The van der Waals surface area contributed by atoms with Crippen LogP contribution in [0.4, 0.5) is 0 Å². The van der Waals surface area contributed by atoms with Gasteiger partial charge in [0.2, 0.25) is 0 Å². The van der Waals surface area contributed by atoms with Gasteiger partial charge in [-0.25, -0.2) is 0 Å². The molecule has 118 valence electrons. The molecule has 1 amide bonds. The second-order valence-corrected chi connectivity index (χ2v) is 4.96. The van der Waals surface area contributed by atoms with E-state index in [1.807, 2.05) is 38.2 Å². The first-order valence-corrected chi connectivity index (χ1v) is 6.86. The Morgan fingerprint density at radius 1 is 1.43 bits per heavy atom. The smallest absolute Gasteiger partial charge is 0.253 e. The van der Waals surface area contributed by atoms with Crippen LogP contribution in [-0.4, -0.2) is 50.8 Å². The summed E-state index contributed by atoms with van der Waals surface area (Å²) in [7, 11) is 3.46. The SMILES string of the molecule is COc1ccc(C(C)N(C)C(=O)C2CNCCO2)cc1.Cl. The number of morpholine rings is 1. The van der Waals surface area contributed by atoms with Gasteiger partial charge in [0.25, 0.3) is 5.91 Å². The van der Waals surface area contributed by atoms with Gasteiger partial charge in [-0.05, 0) is 24.6 Å². The molecule has 0 saturated carbocycles. The van der Waals surface area contributed by atoms with Crippen molar-refractivity contribution in [2.75, 3.05) is 33.9 Å². The maximum atomic E-state index is 12.4. The third-order valence-corrected chi connectivity index (χ3v) is 3.73. The summed E-state index contributed by atoms with van der Waals surface area (Å²) in [6.07, 6.45) is -0.380. The first-order valence-electron chi connectivity index (χ1n) is 6.86. The van der Waals surface area contributed by atoms with Crippen molar-refractivity contribution in [1.29, 1.82) is 0 Å². The highest BCUT2D eigenvalue weighted by Crippen LogP contribution is 2.22. The van der Waals surface area contributed by atoms with E-state index < -0.39 is 0 Å². The minimum atomic E-state index is -0.380. The molecule has 0 aromatic heterocycles. The van der Waals surface area contributed by atoms with Crippen molar-refractivity contribution in [3.63, 3.8) is 0 Å². The Hall–Kier alpha value is -1.30.